The molecular weight excluding hydrogens is 406 g/mol. The summed E-state index contributed by atoms with van der Waals surface area (Å²) in [5, 5.41) is 17.6. The number of ether oxygens (including phenoxy) is 1. The van der Waals surface area contributed by atoms with E-state index < -0.39 is 11.8 Å². The van der Waals surface area contributed by atoms with Crippen molar-refractivity contribution in [2.45, 2.75) is 6.92 Å². The number of oxime groups is 1. The summed E-state index contributed by atoms with van der Waals surface area (Å²) in [5.74, 6) is -0.881. The van der Waals surface area contributed by atoms with E-state index in [4.69, 9.17) is 14.7 Å². The minimum Gasteiger partial charge on any atom is -0.399 e. The number of anilines is 1. The van der Waals surface area contributed by atoms with Gasteiger partial charge in [-0.2, -0.15) is 0 Å². The lowest BCUT2D eigenvalue weighted by atomic mass is 10.1. The maximum absolute atomic E-state index is 12.0. The Hall–Kier alpha value is -2.23. The molecule has 26 heavy (non-hydrogen) atoms. The van der Waals surface area contributed by atoms with Crippen LogP contribution in [0.5, 0.6) is 0 Å². The summed E-state index contributed by atoms with van der Waals surface area (Å²) in [4.78, 5) is 28.5. The summed E-state index contributed by atoms with van der Waals surface area (Å²) in [6, 6.07) is 7.04. The van der Waals surface area contributed by atoms with Crippen LogP contribution in [0, 0.1) is 0 Å². The molecule has 8 nitrogen and oxygen atoms in total. The standard InChI is InChI=1S/C17H22BrN3O5/c1-12(21-25-2)13-3-5-14(6-4-13)20-16(23)11-15(18)17(24)19-7-9-26-10-8-22/h3-6,11,22H,7-10H2,1-2H3,(H,19,24)(H,20,23)/b15-11+,21-12+. The summed E-state index contributed by atoms with van der Waals surface area (Å²) in [5.41, 5.74) is 2.16. The van der Waals surface area contributed by atoms with Gasteiger partial charge in [-0.25, -0.2) is 0 Å². The third kappa shape index (κ3) is 8.24. The van der Waals surface area contributed by atoms with Gasteiger partial charge in [0.15, 0.2) is 0 Å². The molecule has 0 aliphatic rings. The highest BCUT2D eigenvalue weighted by Gasteiger charge is 2.08. The van der Waals surface area contributed by atoms with Crippen LogP contribution in [0.25, 0.3) is 0 Å². The fourth-order valence-electron chi connectivity index (χ4n) is 1.83. The average molecular weight is 428 g/mol. The van der Waals surface area contributed by atoms with E-state index in [-0.39, 0.29) is 30.8 Å². The number of aliphatic hydroxyl groups excluding tert-OH is 1. The lowest BCUT2D eigenvalue weighted by Gasteiger charge is -2.06. The zero-order chi connectivity index (χ0) is 19.4. The van der Waals surface area contributed by atoms with Gasteiger partial charge in [0.2, 0.25) is 5.91 Å². The van der Waals surface area contributed by atoms with Crippen LogP contribution >= 0.6 is 15.9 Å². The molecule has 0 unspecified atom stereocenters. The molecule has 2 amide bonds. The molecule has 0 atom stereocenters. The predicted octanol–water partition coefficient (Wildman–Crippen LogP) is 1.40. The van der Waals surface area contributed by atoms with Crippen LogP contribution < -0.4 is 10.6 Å². The van der Waals surface area contributed by atoms with Crippen LogP contribution in [-0.2, 0) is 19.2 Å². The Labute approximate surface area is 160 Å². The molecule has 3 N–H and O–H groups in total. The Bertz CT molecular complexity index is 659. The van der Waals surface area contributed by atoms with Crippen LogP contribution in [-0.4, -0.2) is 56.1 Å². The Morgan fingerprint density at radius 2 is 1.96 bits per heavy atom. The van der Waals surface area contributed by atoms with Crippen molar-refractivity contribution >= 4 is 39.1 Å². The first kappa shape index (κ1) is 21.8. The number of aliphatic hydroxyl groups is 1. The third-order valence-corrected chi connectivity index (χ3v) is 3.63. The Kier molecular flexibility index (Phi) is 10.2. The molecule has 1 rings (SSSR count). The smallest absolute Gasteiger partial charge is 0.258 e. The number of halogens is 1. The first-order valence-electron chi connectivity index (χ1n) is 7.81. The molecule has 1 aromatic rings. The highest BCUT2D eigenvalue weighted by Crippen LogP contribution is 2.12. The van der Waals surface area contributed by atoms with Crippen molar-refractivity contribution in [3.05, 3.63) is 40.4 Å². The first-order chi connectivity index (χ1) is 12.5. The maximum Gasteiger partial charge on any atom is 0.258 e. The second-order valence-corrected chi connectivity index (χ2v) is 5.86. The van der Waals surface area contributed by atoms with Gasteiger partial charge in [0, 0.05) is 18.3 Å². The lowest BCUT2D eigenvalue weighted by molar-refractivity contribution is -0.117. The van der Waals surface area contributed by atoms with Gasteiger partial charge >= 0.3 is 0 Å². The van der Waals surface area contributed by atoms with Gasteiger partial charge in [0.1, 0.15) is 7.11 Å². The van der Waals surface area contributed by atoms with Gasteiger partial charge in [0.25, 0.3) is 5.91 Å². The highest BCUT2D eigenvalue weighted by molar-refractivity contribution is 9.12. The molecule has 0 heterocycles. The fourth-order valence-corrected chi connectivity index (χ4v) is 2.18. The van der Waals surface area contributed by atoms with E-state index in [1.54, 1.807) is 24.3 Å². The highest BCUT2D eigenvalue weighted by atomic mass is 79.9. The van der Waals surface area contributed by atoms with Crippen molar-refractivity contribution < 1.29 is 24.3 Å². The molecule has 0 aromatic heterocycles. The molecule has 9 heteroatoms. The number of nitrogens with one attached hydrogen (secondary N) is 2. The third-order valence-electron chi connectivity index (χ3n) is 3.04. The van der Waals surface area contributed by atoms with E-state index in [1.165, 1.54) is 7.11 Å². The molecule has 0 saturated heterocycles. The fraction of sp³-hybridized carbons (Fsp3) is 0.353. The van der Waals surface area contributed by atoms with E-state index in [9.17, 15) is 9.59 Å². The van der Waals surface area contributed by atoms with Crippen molar-refractivity contribution in [2.24, 2.45) is 5.16 Å². The van der Waals surface area contributed by atoms with Crippen LogP contribution in [0.15, 0.2) is 40.0 Å². The number of carbonyl (C=O) groups is 2. The molecule has 0 radical (unpaired) electrons. The Morgan fingerprint density at radius 3 is 2.58 bits per heavy atom. The summed E-state index contributed by atoms with van der Waals surface area (Å²) in [6.45, 7) is 2.50. The monoisotopic (exact) mass is 427 g/mol. The van der Waals surface area contributed by atoms with Crippen LogP contribution in [0.3, 0.4) is 0 Å². The minimum atomic E-state index is -0.446. The minimum absolute atomic E-state index is 0.0720. The van der Waals surface area contributed by atoms with Gasteiger partial charge in [-0.1, -0.05) is 17.3 Å². The number of benzene rings is 1. The van der Waals surface area contributed by atoms with Crippen LogP contribution in [0.1, 0.15) is 12.5 Å². The number of amides is 2. The van der Waals surface area contributed by atoms with E-state index in [0.29, 0.717) is 11.4 Å². The molecule has 0 aliphatic heterocycles. The van der Waals surface area contributed by atoms with Gasteiger partial charge < -0.3 is 25.3 Å². The van der Waals surface area contributed by atoms with E-state index >= 15 is 0 Å². The van der Waals surface area contributed by atoms with Crippen molar-refractivity contribution in [3.63, 3.8) is 0 Å². The number of hydrogen-bond acceptors (Lipinski definition) is 6. The second kappa shape index (κ2) is 12.2. The topological polar surface area (TPSA) is 109 Å². The number of hydrogen-bond donors (Lipinski definition) is 3. The SMILES string of the molecule is CO/N=C(\C)c1ccc(NC(=O)/C=C(/Br)C(=O)NCCOCCO)cc1. The summed E-state index contributed by atoms with van der Waals surface area (Å²) < 4.78 is 5.11. The van der Waals surface area contributed by atoms with Crippen molar-refractivity contribution in [3.8, 4) is 0 Å². The van der Waals surface area contributed by atoms with Crippen molar-refractivity contribution in [1.29, 1.82) is 0 Å². The van der Waals surface area contributed by atoms with E-state index in [2.05, 4.69) is 31.7 Å². The van der Waals surface area contributed by atoms with Gasteiger partial charge in [-0.05, 0) is 40.5 Å². The molecule has 0 fully saturated rings. The Morgan fingerprint density at radius 1 is 1.27 bits per heavy atom. The number of nitrogens with zero attached hydrogens (tertiary/aromatic N) is 1. The average Bonchev–Trinajstić information content (AvgIpc) is 2.62. The zero-order valence-electron chi connectivity index (χ0n) is 14.6. The van der Waals surface area contributed by atoms with E-state index in [0.717, 1.165) is 11.6 Å². The zero-order valence-corrected chi connectivity index (χ0v) is 16.2. The largest absolute Gasteiger partial charge is 0.399 e. The molecule has 142 valence electrons. The normalized spacial score (nSPS) is 11.8. The van der Waals surface area contributed by atoms with Crippen molar-refractivity contribution in [2.75, 3.05) is 38.8 Å². The molecule has 0 saturated carbocycles. The second-order valence-electron chi connectivity index (χ2n) is 5.01. The number of carbonyl (C=O) groups excluding carboxylic acids is 2. The molecule has 0 spiro atoms. The van der Waals surface area contributed by atoms with E-state index in [1.807, 2.05) is 6.92 Å². The number of rotatable bonds is 10. The van der Waals surface area contributed by atoms with Crippen LogP contribution in [0.4, 0.5) is 5.69 Å². The first-order valence-corrected chi connectivity index (χ1v) is 8.60. The summed E-state index contributed by atoms with van der Waals surface area (Å²) in [6.07, 6.45) is 1.15. The lowest BCUT2D eigenvalue weighted by Crippen LogP contribution is -2.28. The quantitative estimate of drug-likeness (QED) is 0.226. The molecule has 0 aliphatic carbocycles. The molecule has 1 aromatic carbocycles. The molecule has 0 bridgehead atoms. The Balaban J connectivity index is 2.52. The summed E-state index contributed by atoms with van der Waals surface area (Å²) in [7, 11) is 1.47. The summed E-state index contributed by atoms with van der Waals surface area (Å²) >= 11 is 3.07. The van der Waals surface area contributed by atoms with Gasteiger partial charge in [0.05, 0.1) is 30.0 Å². The predicted molar refractivity (Wildman–Crippen MR) is 102 cm³/mol. The van der Waals surface area contributed by atoms with Crippen molar-refractivity contribution in [1.82, 2.24) is 5.32 Å². The van der Waals surface area contributed by atoms with Gasteiger partial charge in [-0.15, -0.1) is 0 Å². The maximum atomic E-state index is 12.0. The molecular formula is C17H22BrN3O5. The van der Waals surface area contributed by atoms with Crippen LogP contribution in [0.2, 0.25) is 0 Å². The van der Waals surface area contributed by atoms with Gasteiger partial charge in [-0.3, -0.25) is 9.59 Å².